The summed E-state index contributed by atoms with van der Waals surface area (Å²) in [6, 6.07) is 16.6. The summed E-state index contributed by atoms with van der Waals surface area (Å²) in [5, 5.41) is 8.38. The van der Waals surface area contributed by atoms with Crippen molar-refractivity contribution in [3.63, 3.8) is 0 Å². The van der Waals surface area contributed by atoms with Crippen molar-refractivity contribution in [3.05, 3.63) is 77.1 Å². The standard InChI is InChI=1S/C20H14ClN3O2/c1-12-18(19(24-26-12)15-6-2-3-7-16(15)21)20(25)23-14-8-9-17-13(11-14)5-4-10-22-17/h2-11H,1H3,(H,23,25). The summed E-state index contributed by atoms with van der Waals surface area (Å²) in [4.78, 5) is 17.1. The first-order valence-corrected chi connectivity index (χ1v) is 8.38. The lowest BCUT2D eigenvalue weighted by atomic mass is 10.1. The molecule has 0 unspecified atom stereocenters. The van der Waals surface area contributed by atoms with Crippen LogP contribution in [0.5, 0.6) is 0 Å². The van der Waals surface area contributed by atoms with Crippen molar-refractivity contribution in [2.45, 2.75) is 6.92 Å². The molecule has 0 atom stereocenters. The predicted octanol–water partition coefficient (Wildman–Crippen LogP) is 5.10. The largest absolute Gasteiger partial charge is 0.360 e. The Hall–Kier alpha value is -3.18. The number of hydrogen-bond acceptors (Lipinski definition) is 4. The second-order valence-electron chi connectivity index (χ2n) is 5.81. The summed E-state index contributed by atoms with van der Waals surface area (Å²) in [6.07, 6.45) is 1.73. The minimum atomic E-state index is -0.304. The summed E-state index contributed by atoms with van der Waals surface area (Å²) in [5.41, 5.74) is 2.97. The van der Waals surface area contributed by atoms with E-state index in [9.17, 15) is 4.79 Å². The zero-order chi connectivity index (χ0) is 18.1. The maximum absolute atomic E-state index is 12.9. The van der Waals surface area contributed by atoms with Gasteiger partial charge in [-0.1, -0.05) is 41.0 Å². The van der Waals surface area contributed by atoms with Gasteiger partial charge < -0.3 is 9.84 Å². The molecule has 1 N–H and O–H groups in total. The third-order valence-electron chi connectivity index (χ3n) is 4.08. The van der Waals surface area contributed by atoms with E-state index >= 15 is 0 Å². The van der Waals surface area contributed by atoms with Gasteiger partial charge in [0.25, 0.3) is 5.91 Å². The van der Waals surface area contributed by atoms with Crippen LogP contribution >= 0.6 is 11.6 Å². The number of amides is 1. The van der Waals surface area contributed by atoms with Gasteiger partial charge in [-0.3, -0.25) is 9.78 Å². The summed E-state index contributed by atoms with van der Waals surface area (Å²) in [5.74, 6) is 0.127. The maximum atomic E-state index is 12.9. The molecule has 2 aromatic heterocycles. The molecule has 0 bridgehead atoms. The number of nitrogens with zero attached hydrogens (tertiary/aromatic N) is 2. The summed E-state index contributed by atoms with van der Waals surface area (Å²) < 4.78 is 5.25. The van der Waals surface area contributed by atoms with E-state index in [-0.39, 0.29) is 5.91 Å². The number of carbonyl (C=O) groups is 1. The molecule has 128 valence electrons. The van der Waals surface area contributed by atoms with E-state index in [2.05, 4.69) is 15.5 Å². The third kappa shape index (κ3) is 2.93. The molecule has 0 fully saturated rings. The second kappa shape index (κ2) is 6.61. The van der Waals surface area contributed by atoms with Gasteiger partial charge in [-0.2, -0.15) is 0 Å². The molecule has 1 amide bonds. The molecule has 26 heavy (non-hydrogen) atoms. The van der Waals surface area contributed by atoms with E-state index in [0.29, 0.717) is 33.3 Å². The number of halogens is 1. The first-order valence-electron chi connectivity index (χ1n) is 8.01. The van der Waals surface area contributed by atoms with Crippen molar-refractivity contribution in [2.24, 2.45) is 0 Å². The van der Waals surface area contributed by atoms with E-state index in [1.54, 1.807) is 25.3 Å². The Labute approximate surface area is 154 Å². The molecule has 0 aliphatic heterocycles. The second-order valence-corrected chi connectivity index (χ2v) is 6.21. The van der Waals surface area contributed by atoms with Crippen molar-refractivity contribution in [3.8, 4) is 11.3 Å². The van der Waals surface area contributed by atoms with Crippen LogP contribution in [0.15, 0.2) is 65.3 Å². The minimum Gasteiger partial charge on any atom is -0.360 e. The molecule has 0 saturated heterocycles. The molecule has 2 heterocycles. The fourth-order valence-electron chi connectivity index (χ4n) is 2.82. The highest BCUT2D eigenvalue weighted by Gasteiger charge is 2.23. The molecule has 4 rings (SSSR count). The average Bonchev–Trinajstić information content (AvgIpc) is 3.03. The molecule has 0 saturated carbocycles. The Kier molecular flexibility index (Phi) is 4.14. The quantitative estimate of drug-likeness (QED) is 0.549. The number of benzene rings is 2. The van der Waals surface area contributed by atoms with Gasteiger partial charge in [0.05, 0.1) is 10.5 Å². The van der Waals surface area contributed by atoms with Crippen LogP contribution in [0.4, 0.5) is 5.69 Å². The summed E-state index contributed by atoms with van der Waals surface area (Å²) in [6.45, 7) is 1.70. The first-order chi connectivity index (χ1) is 12.6. The Bertz CT molecular complexity index is 1120. The fourth-order valence-corrected chi connectivity index (χ4v) is 3.05. The molecular weight excluding hydrogens is 350 g/mol. The Morgan fingerprint density at radius 2 is 1.96 bits per heavy atom. The first kappa shape index (κ1) is 16.3. The summed E-state index contributed by atoms with van der Waals surface area (Å²) >= 11 is 6.25. The van der Waals surface area contributed by atoms with E-state index in [4.69, 9.17) is 16.1 Å². The molecule has 2 aromatic carbocycles. The fraction of sp³-hybridized carbons (Fsp3) is 0.0500. The topological polar surface area (TPSA) is 68.0 Å². The number of aromatic nitrogens is 2. The number of carbonyl (C=O) groups excluding carboxylic acids is 1. The van der Waals surface area contributed by atoms with Crippen LogP contribution in [0.25, 0.3) is 22.2 Å². The van der Waals surface area contributed by atoms with Crippen LogP contribution in [-0.4, -0.2) is 16.0 Å². The van der Waals surface area contributed by atoms with E-state index in [1.807, 2.05) is 42.5 Å². The van der Waals surface area contributed by atoms with Crippen LogP contribution in [0.1, 0.15) is 16.1 Å². The average molecular weight is 364 g/mol. The van der Waals surface area contributed by atoms with Gasteiger partial charge in [-0.15, -0.1) is 0 Å². The zero-order valence-corrected chi connectivity index (χ0v) is 14.6. The number of hydrogen-bond donors (Lipinski definition) is 1. The van der Waals surface area contributed by atoms with Crippen LogP contribution in [0.2, 0.25) is 5.02 Å². The van der Waals surface area contributed by atoms with Gasteiger partial charge >= 0.3 is 0 Å². The number of nitrogens with one attached hydrogen (secondary N) is 1. The van der Waals surface area contributed by atoms with Crippen LogP contribution < -0.4 is 5.32 Å². The maximum Gasteiger partial charge on any atom is 0.261 e. The molecule has 0 radical (unpaired) electrons. The Morgan fingerprint density at radius 1 is 1.12 bits per heavy atom. The van der Waals surface area contributed by atoms with Crippen LogP contribution in [-0.2, 0) is 0 Å². The molecule has 0 aliphatic rings. The number of fused-ring (bicyclic) bond motifs is 1. The lowest BCUT2D eigenvalue weighted by molar-refractivity contribution is 0.102. The van der Waals surface area contributed by atoms with Crippen molar-refractivity contribution in [1.29, 1.82) is 0 Å². The number of pyridine rings is 1. The van der Waals surface area contributed by atoms with Gasteiger partial charge in [0.1, 0.15) is 17.0 Å². The van der Waals surface area contributed by atoms with Crippen molar-refractivity contribution in [1.82, 2.24) is 10.1 Å². The van der Waals surface area contributed by atoms with Gasteiger partial charge in [-0.05, 0) is 37.3 Å². The highest BCUT2D eigenvalue weighted by Crippen LogP contribution is 2.31. The highest BCUT2D eigenvalue weighted by atomic mass is 35.5. The lowest BCUT2D eigenvalue weighted by Crippen LogP contribution is -2.13. The van der Waals surface area contributed by atoms with E-state index in [1.165, 1.54) is 0 Å². The zero-order valence-electron chi connectivity index (χ0n) is 13.9. The molecule has 0 aliphatic carbocycles. The summed E-state index contributed by atoms with van der Waals surface area (Å²) in [7, 11) is 0. The number of aryl methyl sites for hydroxylation is 1. The van der Waals surface area contributed by atoms with Gasteiger partial charge in [-0.25, -0.2) is 0 Å². The van der Waals surface area contributed by atoms with Crippen molar-refractivity contribution in [2.75, 3.05) is 5.32 Å². The van der Waals surface area contributed by atoms with Crippen molar-refractivity contribution < 1.29 is 9.32 Å². The van der Waals surface area contributed by atoms with Crippen LogP contribution in [0.3, 0.4) is 0 Å². The SMILES string of the molecule is Cc1onc(-c2ccccc2Cl)c1C(=O)Nc1ccc2ncccc2c1. The minimum absolute atomic E-state index is 0.304. The third-order valence-corrected chi connectivity index (χ3v) is 4.41. The monoisotopic (exact) mass is 363 g/mol. The van der Waals surface area contributed by atoms with Gasteiger partial charge in [0.15, 0.2) is 0 Å². The molecule has 4 aromatic rings. The molecule has 6 heteroatoms. The van der Waals surface area contributed by atoms with Gasteiger partial charge in [0.2, 0.25) is 0 Å². The Balaban J connectivity index is 1.70. The van der Waals surface area contributed by atoms with E-state index in [0.717, 1.165) is 10.9 Å². The molecule has 0 spiro atoms. The molecular formula is C20H14ClN3O2. The lowest BCUT2D eigenvalue weighted by Gasteiger charge is -2.07. The van der Waals surface area contributed by atoms with Crippen molar-refractivity contribution >= 4 is 34.1 Å². The van der Waals surface area contributed by atoms with E-state index < -0.39 is 0 Å². The van der Waals surface area contributed by atoms with Crippen LogP contribution in [0, 0.1) is 6.92 Å². The highest BCUT2D eigenvalue weighted by molar-refractivity contribution is 6.33. The normalized spacial score (nSPS) is 10.8. The predicted molar refractivity (Wildman–Crippen MR) is 101 cm³/mol. The number of rotatable bonds is 3. The molecule has 5 nitrogen and oxygen atoms in total. The smallest absolute Gasteiger partial charge is 0.261 e. The van der Waals surface area contributed by atoms with Gasteiger partial charge in [0, 0.05) is 22.8 Å². The number of anilines is 1. The Morgan fingerprint density at radius 3 is 2.81 bits per heavy atom.